The van der Waals surface area contributed by atoms with Gasteiger partial charge in [-0.2, -0.15) is 0 Å². The molecule has 28 heavy (non-hydrogen) atoms. The van der Waals surface area contributed by atoms with Crippen LogP contribution in [0.2, 0.25) is 10.0 Å². The zero-order chi connectivity index (χ0) is 20.5. The molecule has 0 atom stereocenters. The standard InChI is InChI=1S/C21H27Cl2N3S2/c1-20(2)11-15(12-21(3,4)25-20)26(13-16-6-5-9-28-16)19(27)24-14-7-8-17(22)18(23)10-14/h5-10,15,25H,11-13H2,1-4H3,(H,24,27). The zero-order valence-electron chi connectivity index (χ0n) is 16.7. The molecule has 1 aromatic carbocycles. The third-order valence-corrected chi connectivity index (χ3v) is 6.88. The predicted molar refractivity (Wildman–Crippen MR) is 127 cm³/mol. The Bertz CT molecular complexity index is 818. The summed E-state index contributed by atoms with van der Waals surface area (Å²) >= 11 is 19.9. The first-order valence-electron chi connectivity index (χ1n) is 9.39. The van der Waals surface area contributed by atoms with Gasteiger partial charge in [0.15, 0.2) is 5.11 Å². The number of hydrogen-bond donors (Lipinski definition) is 2. The second-order valence-electron chi connectivity index (χ2n) is 8.72. The van der Waals surface area contributed by atoms with Crippen molar-refractivity contribution in [3.05, 3.63) is 50.6 Å². The minimum Gasteiger partial charge on any atom is -0.341 e. The molecule has 2 aromatic rings. The average molecular weight is 457 g/mol. The summed E-state index contributed by atoms with van der Waals surface area (Å²) in [6.07, 6.45) is 2.04. The van der Waals surface area contributed by atoms with Crippen molar-refractivity contribution in [2.24, 2.45) is 0 Å². The van der Waals surface area contributed by atoms with Gasteiger partial charge in [0.25, 0.3) is 0 Å². The van der Waals surface area contributed by atoms with Crippen LogP contribution >= 0.6 is 46.8 Å². The molecule has 3 nitrogen and oxygen atoms in total. The maximum Gasteiger partial charge on any atom is 0.174 e. The maximum atomic E-state index is 6.18. The molecule has 0 unspecified atom stereocenters. The van der Waals surface area contributed by atoms with E-state index < -0.39 is 0 Å². The Hall–Kier alpha value is -0.850. The van der Waals surface area contributed by atoms with Crippen molar-refractivity contribution in [3.63, 3.8) is 0 Å². The fourth-order valence-corrected chi connectivity index (χ4v) is 5.53. The van der Waals surface area contributed by atoms with E-state index in [-0.39, 0.29) is 11.1 Å². The van der Waals surface area contributed by atoms with Crippen LogP contribution in [0.4, 0.5) is 5.69 Å². The highest BCUT2D eigenvalue weighted by Gasteiger charge is 2.40. The quantitative estimate of drug-likeness (QED) is 0.510. The highest BCUT2D eigenvalue weighted by molar-refractivity contribution is 7.80. The summed E-state index contributed by atoms with van der Waals surface area (Å²) < 4.78 is 0. The summed E-state index contributed by atoms with van der Waals surface area (Å²) in [7, 11) is 0. The molecule has 0 saturated carbocycles. The molecular weight excluding hydrogens is 429 g/mol. The lowest BCUT2D eigenvalue weighted by Gasteiger charge is -2.50. The average Bonchev–Trinajstić information content (AvgIpc) is 3.06. The van der Waals surface area contributed by atoms with E-state index in [4.69, 9.17) is 35.4 Å². The van der Waals surface area contributed by atoms with E-state index in [0.29, 0.717) is 21.2 Å². The van der Waals surface area contributed by atoms with Gasteiger partial charge in [0.1, 0.15) is 0 Å². The van der Waals surface area contributed by atoms with Gasteiger partial charge in [0.2, 0.25) is 0 Å². The summed E-state index contributed by atoms with van der Waals surface area (Å²) in [5, 5.41) is 11.0. The number of thiophene rings is 1. The summed E-state index contributed by atoms with van der Waals surface area (Å²) in [6, 6.07) is 10.1. The van der Waals surface area contributed by atoms with Gasteiger partial charge in [-0.3, -0.25) is 0 Å². The van der Waals surface area contributed by atoms with Crippen LogP contribution in [0.25, 0.3) is 0 Å². The number of thiocarbonyl (C=S) groups is 1. The van der Waals surface area contributed by atoms with E-state index in [2.05, 4.69) is 60.7 Å². The molecule has 0 bridgehead atoms. The van der Waals surface area contributed by atoms with Crippen molar-refractivity contribution < 1.29 is 0 Å². The van der Waals surface area contributed by atoms with Crippen LogP contribution in [0.1, 0.15) is 45.4 Å². The number of piperidine rings is 1. The first-order chi connectivity index (χ1) is 13.0. The molecule has 0 spiro atoms. The minimum absolute atomic E-state index is 0.0410. The predicted octanol–water partition coefficient (Wildman–Crippen LogP) is 6.56. The fraction of sp³-hybridized carbons (Fsp3) is 0.476. The number of anilines is 1. The summed E-state index contributed by atoms with van der Waals surface area (Å²) in [5.74, 6) is 0. The number of hydrogen-bond acceptors (Lipinski definition) is 3. The molecule has 7 heteroatoms. The van der Waals surface area contributed by atoms with Gasteiger partial charge in [-0.1, -0.05) is 29.3 Å². The molecule has 2 heterocycles. The van der Waals surface area contributed by atoms with Crippen molar-refractivity contribution in [3.8, 4) is 0 Å². The van der Waals surface area contributed by atoms with Gasteiger partial charge in [-0.05, 0) is 82.4 Å². The summed E-state index contributed by atoms with van der Waals surface area (Å²) in [5.41, 5.74) is 0.932. The van der Waals surface area contributed by atoms with Crippen LogP contribution in [-0.2, 0) is 6.54 Å². The molecular formula is C21H27Cl2N3S2. The van der Waals surface area contributed by atoms with Crippen molar-refractivity contribution >= 4 is 57.6 Å². The third-order valence-electron chi connectivity index (χ3n) is 4.95. The Kier molecular flexibility index (Phi) is 6.62. The smallest absolute Gasteiger partial charge is 0.174 e. The molecule has 1 aromatic heterocycles. The summed E-state index contributed by atoms with van der Waals surface area (Å²) in [4.78, 5) is 3.63. The van der Waals surface area contributed by atoms with Crippen LogP contribution in [0, 0.1) is 0 Å². The number of nitrogens with one attached hydrogen (secondary N) is 2. The van der Waals surface area contributed by atoms with Gasteiger partial charge in [0.05, 0.1) is 16.6 Å². The highest BCUT2D eigenvalue weighted by Crippen LogP contribution is 2.33. The van der Waals surface area contributed by atoms with Gasteiger partial charge < -0.3 is 15.5 Å². The topological polar surface area (TPSA) is 27.3 Å². The normalized spacial score (nSPS) is 18.6. The number of nitrogens with zero attached hydrogens (tertiary/aromatic N) is 1. The lowest BCUT2D eigenvalue weighted by Crippen LogP contribution is -2.63. The number of benzene rings is 1. The van der Waals surface area contributed by atoms with E-state index in [1.165, 1.54) is 4.88 Å². The Morgan fingerprint density at radius 2 is 1.86 bits per heavy atom. The Labute approximate surface area is 187 Å². The van der Waals surface area contributed by atoms with Crippen molar-refractivity contribution in [1.29, 1.82) is 0 Å². The van der Waals surface area contributed by atoms with E-state index in [0.717, 1.165) is 25.1 Å². The lowest BCUT2D eigenvalue weighted by molar-refractivity contribution is 0.102. The molecule has 1 aliphatic rings. The molecule has 1 fully saturated rings. The fourth-order valence-electron chi connectivity index (χ4n) is 4.20. The van der Waals surface area contributed by atoms with Gasteiger partial charge >= 0.3 is 0 Å². The van der Waals surface area contributed by atoms with Crippen molar-refractivity contribution in [2.45, 2.75) is 64.2 Å². The molecule has 0 radical (unpaired) electrons. The molecule has 1 saturated heterocycles. The third kappa shape index (κ3) is 5.61. The summed E-state index contributed by atoms with van der Waals surface area (Å²) in [6.45, 7) is 9.85. The molecule has 152 valence electrons. The minimum atomic E-state index is 0.0410. The van der Waals surface area contributed by atoms with Crippen LogP contribution in [-0.4, -0.2) is 27.1 Å². The van der Waals surface area contributed by atoms with Gasteiger partial charge in [-0.15, -0.1) is 11.3 Å². The second-order valence-corrected chi connectivity index (χ2v) is 11.0. The Balaban J connectivity index is 1.85. The lowest BCUT2D eigenvalue weighted by atomic mass is 9.79. The molecule has 0 aliphatic carbocycles. The van der Waals surface area contributed by atoms with E-state index >= 15 is 0 Å². The molecule has 3 rings (SSSR count). The van der Waals surface area contributed by atoms with Gasteiger partial charge in [-0.25, -0.2) is 0 Å². The monoisotopic (exact) mass is 455 g/mol. The first-order valence-corrected chi connectivity index (χ1v) is 11.4. The maximum absolute atomic E-state index is 6.18. The molecule has 1 aliphatic heterocycles. The van der Waals surface area contributed by atoms with E-state index in [9.17, 15) is 0 Å². The SMILES string of the molecule is CC1(C)CC(N(Cc2cccs2)C(=S)Nc2ccc(Cl)c(Cl)c2)CC(C)(C)N1. The van der Waals surface area contributed by atoms with Gasteiger partial charge in [0, 0.05) is 27.7 Å². The van der Waals surface area contributed by atoms with Crippen LogP contribution < -0.4 is 10.6 Å². The van der Waals surface area contributed by atoms with Crippen LogP contribution in [0.15, 0.2) is 35.7 Å². The zero-order valence-corrected chi connectivity index (χ0v) is 19.8. The Morgan fingerprint density at radius 1 is 1.18 bits per heavy atom. The number of halogens is 2. The van der Waals surface area contributed by atoms with E-state index in [1.807, 2.05) is 12.1 Å². The van der Waals surface area contributed by atoms with Crippen molar-refractivity contribution in [1.82, 2.24) is 10.2 Å². The Morgan fingerprint density at radius 3 is 2.43 bits per heavy atom. The van der Waals surface area contributed by atoms with Crippen LogP contribution in [0.3, 0.4) is 0 Å². The molecule has 2 N–H and O–H groups in total. The second kappa shape index (κ2) is 8.49. The largest absolute Gasteiger partial charge is 0.341 e. The van der Waals surface area contributed by atoms with E-state index in [1.54, 1.807) is 17.4 Å². The highest BCUT2D eigenvalue weighted by atomic mass is 35.5. The first kappa shape index (κ1) is 21.8. The molecule has 0 amide bonds. The van der Waals surface area contributed by atoms with Crippen LogP contribution in [0.5, 0.6) is 0 Å². The number of rotatable bonds is 4. The van der Waals surface area contributed by atoms with Crippen molar-refractivity contribution in [2.75, 3.05) is 5.32 Å².